The van der Waals surface area contributed by atoms with Crippen LogP contribution in [0, 0.1) is 17.8 Å². The van der Waals surface area contributed by atoms with E-state index in [1.807, 2.05) is 0 Å². The van der Waals surface area contributed by atoms with E-state index in [1.54, 1.807) is 6.92 Å². The van der Waals surface area contributed by atoms with Crippen LogP contribution in [-0.2, 0) is 19.6 Å². The number of carbonyl (C=O) groups is 1. The van der Waals surface area contributed by atoms with E-state index < -0.39 is 21.9 Å². The summed E-state index contributed by atoms with van der Waals surface area (Å²) in [6, 6.07) is 0. The first kappa shape index (κ1) is 15.7. The van der Waals surface area contributed by atoms with Gasteiger partial charge in [0.15, 0.2) is 0 Å². The molecular formula is C13H23NO5S. The lowest BCUT2D eigenvalue weighted by atomic mass is 9.89. The molecule has 6 nitrogen and oxygen atoms in total. The summed E-state index contributed by atoms with van der Waals surface area (Å²) >= 11 is 0. The van der Waals surface area contributed by atoms with Gasteiger partial charge in [-0.1, -0.05) is 6.92 Å². The quantitative estimate of drug-likeness (QED) is 0.784. The van der Waals surface area contributed by atoms with Crippen molar-refractivity contribution in [2.75, 3.05) is 32.1 Å². The Morgan fingerprint density at radius 3 is 2.50 bits per heavy atom. The molecule has 1 N–H and O–H groups in total. The molecule has 2 rings (SSSR count). The number of carboxylic acids is 1. The lowest BCUT2D eigenvalue weighted by Gasteiger charge is -2.40. The average molecular weight is 305 g/mol. The van der Waals surface area contributed by atoms with Gasteiger partial charge in [0.2, 0.25) is 10.0 Å². The van der Waals surface area contributed by atoms with Gasteiger partial charge in [-0.3, -0.25) is 4.79 Å². The zero-order valence-corrected chi connectivity index (χ0v) is 12.6. The van der Waals surface area contributed by atoms with Crippen LogP contribution in [0.4, 0.5) is 0 Å². The Kier molecular flexibility index (Phi) is 5.04. The Bertz CT molecular complexity index is 438. The van der Waals surface area contributed by atoms with E-state index >= 15 is 0 Å². The number of rotatable bonds is 6. The number of hydrogen-bond donors (Lipinski definition) is 1. The van der Waals surface area contributed by atoms with Crippen molar-refractivity contribution in [2.45, 2.75) is 26.2 Å². The Morgan fingerprint density at radius 2 is 1.95 bits per heavy atom. The predicted molar refractivity (Wildman–Crippen MR) is 73.8 cm³/mol. The molecule has 116 valence electrons. The van der Waals surface area contributed by atoms with Gasteiger partial charge >= 0.3 is 5.97 Å². The highest BCUT2D eigenvalue weighted by Gasteiger charge is 2.40. The molecule has 0 aromatic rings. The van der Waals surface area contributed by atoms with Gasteiger partial charge in [-0.2, -0.15) is 0 Å². The fraction of sp³-hybridized carbons (Fsp3) is 0.923. The van der Waals surface area contributed by atoms with E-state index in [0.717, 1.165) is 26.1 Å². The summed E-state index contributed by atoms with van der Waals surface area (Å²) in [4.78, 5) is 10.8. The minimum atomic E-state index is -3.22. The molecule has 0 spiro atoms. The molecule has 1 unspecified atom stereocenters. The smallest absolute Gasteiger partial charge is 0.306 e. The van der Waals surface area contributed by atoms with Crippen LogP contribution in [0.5, 0.6) is 0 Å². The zero-order chi connectivity index (χ0) is 14.8. The third kappa shape index (κ3) is 3.71. The van der Waals surface area contributed by atoms with Gasteiger partial charge < -0.3 is 9.84 Å². The number of sulfonamides is 1. The molecule has 0 aromatic carbocycles. The first-order chi connectivity index (χ1) is 9.40. The number of nitrogens with zero attached hydrogens (tertiary/aromatic N) is 1. The van der Waals surface area contributed by atoms with Crippen molar-refractivity contribution in [3.8, 4) is 0 Å². The summed E-state index contributed by atoms with van der Waals surface area (Å²) in [6.07, 6.45) is 2.56. The van der Waals surface area contributed by atoms with Gasteiger partial charge in [0.05, 0.1) is 11.7 Å². The lowest BCUT2D eigenvalue weighted by Crippen LogP contribution is -2.54. The van der Waals surface area contributed by atoms with Crippen molar-refractivity contribution >= 4 is 16.0 Å². The summed E-state index contributed by atoms with van der Waals surface area (Å²) in [6.45, 7) is 3.80. The number of carboxylic acid groups (broad SMARTS) is 1. The van der Waals surface area contributed by atoms with Crippen molar-refractivity contribution < 1.29 is 23.1 Å². The zero-order valence-electron chi connectivity index (χ0n) is 11.8. The van der Waals surface area contributed by atoms with E-state index in [4.69, 9.17) is 9.84 Å². The number of ether oxygens (including phenoxy) is 1. The highest BCUT2D eigenvalue weighted by molar-refractivity contribution is 7.89. The molecule has 0 aromatic heterocycles. The third-order valence-corrected chi connectivity index (χ3v) is 6.33. The normalized spacial score (nSPS) is 24.2. The summed E-state index contributed by atoms with van der Waals surface area (Å²) in [5, 5.41) is 8.90. The highest BCUT2D eigenvalue weighted by atomic mass is 32.2. The van der Waals surface area contributed by atoms with Crippen LogP contribution < -0.4 is 0 Å². The van der Waals surface area contributed by atoms with Gasteiger partial charge in [0.1, 0.15) is 0 Å². The molecule has 0 radical (unpaired) electrons. The minimum absolute atomic E-state index is 0.0506. The molecule has 2 saturated heterocycles. The van der Waals surface area contributed by atoms with Gasteiger partial charge in [-0.25, -0.2) is 12.7 Å². The summed E-state index contributed by atoms with van der Waals surface area (Å²) in [7, 11) is -3.22. The van der Waals surface area contributed by atoms with Crippen molar-refractivity contribution in [1.29, 1.82) is 0 Å². The fourth-order valence-corrected chi connectivity index (χ4v) is 4.42. The summed E-state index contributed by atoms with van der Waals surface area (Å²) in [5.41, 5.74) is 0. The maximum atomic E-state index is 12.1. The minimum Gasteiger partial charge on any atom is -0.481 e. The van der Waals surface area contributed by atoms with Crippen LogP contribution in [0.2, 0.25) is 0 Å². The fourth-order valence-electron chi connectivity index (χ4n) is 2.69. The Morgan fingerprint density at radius 1 is 1.35 bits per heavy atom. The molecule has 0 aliphatic carbocycles. The van der Waals surface area contributed by atoms with Gasteiger partial charge in [-0.15, -0.1) is 0 Å². The second-order valence-electron chi connectivity index (χ2n) is 5.86. The van der Waals surface area contributed by atoms with Crippen molar-refractivity contribution in [1.82, 2.24) is 4.31 Å². The average Bonchev–Trinajstić information content (AvgIpc) is 2.35. The molecule has 7 heteroatoms. The molecule has 0 bridgehead atoms. The molecule has 2 heterocycles. The van der Waals surface area contributed by atoms with Crippen LogP contribution in [0.3, 0.4) is 0 Å². The second kappa shape index (κ2) is 6.41. The molecular weight excluding hydrogens is 282 g/mol. The Balaban J connectivity index is 1.76. The lowest BCUT2D eigenvalue weighted by molar-refractivity contribution is -0.144. The van der Waals surface area contributed by atoms with E-state index in [2.05, 4.69) is 0 Å². The molecule has 2 aliphatic heterocycles. The highest BCUT2D eigenvalue weighted by Crippen LogP contribution is 2.28. The van der Waals surface area contributed by atoms with Gasteiger partial charge in [-0.05, 0) is 31.1 Å². The first-order valence-electron chi connectivity index (χ1n) is 7.18. The van der Waals surface area contributed by atoms with Crippen LogP contribution in [0.1, 0.15) is 26.2 Å². The monoisotopic (exact) mass is 305 g/mol. The molecule has 20 heavy (non-hydrogen) atoms. The Labute approximate surface area is 120 Å². The van der Waals surface area contributed by atoms with E-state index in [9.17, 15) is 13.2 Å². The number of hydrogen-bond acceptors (Lipinski definition) is 4. The van der Waals surface area contributed by atoms with Gasteiger partial charge in [0, 0.05) is 26.3 Å². The molecule has 2 fully saturated rings. The summed E-state index contributed by atoms with van der Waals surface area (Å²) in [5.74, 6) is -0.767. The SMILES string of the molecule is CC(C(=O)O)C1CN(S(=O)(=O)CCC2CCOCC2)C1. The molecule has 2 aliphatic rings. The molecule has 1 atom stereocenters. The second-order valence-corrected chi connectivity index (χ2v) is 7.95. The first-order valence-corrected chi connectivity index (χ1v) is 8.79. The van der Waals surface area contributed by atoms with Crippen LogP contribution in [-0.4, -0.2) is 55.9 Å². The predicted octanol–water partition coefficient (Wildman–Crippen LogP) is 0.785. The molecule has 0 amide bonds. The van der Waals surface area contributed by atoms with E-state index in [-0.39, 0.29) is 11.7 Å². The maximum absolute atomic E-state index is 12.1. The van der Waals surface area contributed by atoms with Crippen LogP contribution >= 0.6 is 0 Å². The maximum Gasteiger partial charge on any atom is 0.306 e. The van der Waals surface area contributed by atoms with Crippen molar-refractivity contribution in [3.63, 3.8) is 0 Å². The van der Waals surface area contributed by atoms with E-state index in [0.29, 0.717) is 25.4 Å². The van der Waals surface area contributed by atoms with Crippen molar-refractivity contribution in [2.24, 2.45) is 17.8 Å². The third-order valence-electron chi connectivity index (χ3n) is 4.49. The van der Waals surface area contributed by atoms with Crippen LogP contribution in [0.25, 0.3) is 0 Å². The van der Waals surface area contributed by atoms with Crippen molar-refractivity contribution in [3.05, 3.63) is 0 Å². The summed E-state index contributed by atoms with van der Waals surface area (Å²) < 4.78 is 31.0. The van der Waals surface area contributed by atoms with Gasteiger partial charge in [0.25, 0.3) is 0 Å². The number of aliphatic carboxylic acids is 1. The standard InChI is InChI=1S/C13H23NO5S/c1-10(13(15)16)12-8-14(9-12)20(17,18)7-4-11-2-5-19-6-3-11/h10-12H,2-9H2,1H3,(H,15,16). The largest absolute Gasteiger partial charge is 0.481 e. The molecule has 0 saturated carbocycles. The van der Waals surface area contributed by atoms with E-state index in [1.165, 1.54) is 4.31 Å². The Hall–Kier alpha value is -0.660. The van der Waals surface area contributed by atoms with Crippen LogP contribution in [0.15, 0.2) is 0 Å². The topological polar surface area (TPSA) is 83.9 Å².